The van der Waals surface area contributed by atoms with Gasteiger partial charge < -0.3 is 10.1 Å². The van der Waals surface area contributed by atoms with E-state index in [1.54, 1.807) is 43.1 Å². The minimum atomic E-state index is -0.233. The van der Waals surface area contributed by atoms with Gasteiger partial charge in [-0.3, -0.25) is 19.5 Å². The van der Waals surface area contributed by atoms with Crippen molar-refractivity contribution in [2.45, 2.75) is 49.7 Å². The van der Waals surface area contributed by atoms with Crippen LogP contribution in [-0.2, 0) is 24.2 Å². The maximum absolute atomic E-state index is 12.9. The Bertz CT molecular complexity index is 1430. The zero-order valence-corrected chi connectivity index (χ0v) is 25.2. The molecule has 4 rings (SSSR count). The van der Waals surface area contributed by atoms with Crippen molar-refractivity contribution in [1.29, 1.82) is 0 Å². The molecule has 0 atom stereocenters. The topological polar surface area (TPSA) is 124 Å². The molecule has 2 heterocycles. The zero-order valence-electron chi connectivity index (χ0n) is 22.8. The Hall–Kier alpha value is -3.42. The summed E-state index contributed by atoms with van der Waals surface area (Å²) in [6, 6.07) is 13.1. The lowest BCUT2D eigenvalue weighted by Gasteiger charge is -2.18. The van der Waals surface area contributed by atoms with E-state index in [-0.39, 0.29) is 24.1 Å². The van der Waals surface area contributed by atoms with E-state index in [4.69, 9.17) is 4.74 Å². The van der Waals surface area contributed by atoms with Crippen LogP contribution in [0.3, 0.4) is 0 Å². The van der Waals surface area contributed by atoms with Crippen LogP contribution < -0.4 is 15.4 Å². The highest BCUT2D eigenvalue weighted by molar-refractivity contribution is 8.01. The molecule has 2 amide bonds. The Morgan fingerprint density at radius 1 is 0.950 bits per heavy atom. The summed E-state index contributed by atoms with van der Waals surface area (Å²) >= 11 is 4.21. The second kappa shape index (κ2) is 14.3. The molecule has 0 aliphatic rings. The largest absolute Gasteiger partial charge is 0.497 e. The number of nitrogens with zero attached hydrogens (tertiary/aromatic N) is 5. The van der Waals surface area contributed by atoms with Crippen LogP contribution in [0, 0.1) is 0 Å². The molecule has 0 saturated heterocycles. The lowest BCUT2D eigenvalue weighted by molar-refractivity contribution is -0.113. The van der Waals surface area contributed by atoms with Gasteiger partial charge in [-0.2, -0.15) is 0 Å². The van der Waals surface area contributed by atoms with Gasteiger partial charge in [0.05, 0.1) is 25.1 Å². The number of carbonyl (C=O) groups is 2. The van der Waals surface area contributed by atoms with E-state index in [1.165, 1.54) is 23.1 Å². The van der Waals surface area contributed by atoms with Crippen molar-refractivity contribution in [2.75, 3.05) is 23.9 Å². The number of para-hydroxylation sites is 1. The first kappa shape index (κ1) is 29.6. The summed E-state index contributed by atoms with van der Waals surface area (Å²) in [5.41, 5.74) is 3.75. The van der Waals surface area contributed by atoms with E-state index in [0.717, 1.165) is 39.7 Å². The van der Waals surface area contributed by atoms with Crippen LogP contribution in [0.15, 0.2) is 52.0 Å². The summed E-state index contributed by atoms with van der Waals surface area (Å²) in [5.74, 6) is 1.81. The summed E-state index contributed by atoms with van der Waals surface area (Å²) in [6.45, 7) is 6.40. The number of hydrogen-bond donors (Lipinski definition) is 2. The van der Waals surface area contributed by atoms with E-state index in [2.05, 4.69) is 57.0 Å². The maximum atomic E-state index is 12.9. The summed E-state index contributed by atoms with van der Waals surface area (Å²) < 4.78 is 7.96. The molecule has 40 heavy (non-hydrogen) atoms. The second-order valence-electron chi connectivity index (χ2n) is 8.42. The van der Waals surface area contributed by atoms with Crippen LogP contribution in [0.1, 0.15) is 48.1 Å². The molecule has 0 fully saturated rings. The minimum Gasteiger partial charge on any atom is -0.497 e. The lowest BCUT2D eigenvalue weighted by atomic mass is 10.0. The van der Waals surface area contributed by atoms with Gasteiger partial charge in [-0.05, 0) is 54.0 Å². The van der Waals surface area contributed by atoms with Gasteiger partial charge in [0.2, 0.25) is 11.0 Å². The fraction of sp³-hybridized carbons (Fsp3) is 0.333. The van der Waals surface area contributed by atoms with E-state index >= 15 is 0 Å². The maximum Gasteiger partial charge on any atom is 0.251 e. The van der Waals surface area contributed by atoms with Gasteiger partial charge in [0.15, 0.2) is 15.3 Å². The Morgan fingerprint density at radius 2 is 1.68 bits per heavy atom. The quantitative estimate of drug-likeness (QED) is 0.161. The number of hydrogen-bond acceptors (Lipinski definition) is 10. The number of thioether (sulfide) groups is 2. The Morgan fingerprint density at radius 3 is 2.33 bits per heavy atom. The number of aryl methyl sites for hydroxylation is 2. The molecule has 2 aromatic carbocycles. The smallest absolute Gasteiger partial charge is 0.251 e. The van der Waals surface area contributed by atoms with Crippen LogP contribution in [0.5, 0.6) is 5.75 Å². The Balaban J connectivity index is 1.56. The number of amides is 2. The Labute approximate surface area is 245 Å². The molecule has 0 aliphatic heterocycles. The number of benzene rings is 2. The first-order chi connectivity index (χ1) is 19.5. The molecular weight excluding hydrogens is 567 g/mol. The average molecular weight is 598 g/mol. The van der Waals surface area contributed by atoms with Crippen molar-refractivity contribution in [3.8, 4) is 11.4 Å². The monoisotopic (exact) mass is 597 g/mol. The van der Waals surface area contributed by atoms with Gasteiger partial charge in [0.25, 0.3) is 5.91 Å². The van der Waals surface area contributed by atoms with Crippen LogP contribution in [0.2, 0.25) is 0 Å². The third-order valence-electron chi connectivity index (χ3n) is 5.90. The van der Waals surface area contributed by atoms with Crippen molar-refractivity contribution in [1.82, 2.24) is 30.3 Å². The molecule has 0 unspecified atom stereocenters. The van der Waals surface area contributed by atoms with Crippen molar-refractivity contribution in [2.24, 2.45) is 0 Å². The molecule has 10 nitrogen and oxygen atoms in total. The number of methoxy groups -OCH3 is 1. The second-order valence-corrected chi connectivity index (χ2v) is 11.9. The van der Waals surface area contributed by atoms with Crippen molar-refractivity contribution >= 4 is 51.8 Å². The van der Waals surface area contributed by atoms with Crippen LogP contribution in [0.25, 0.3) is 5.69 Å². The molecule has 0 radical (unpaired) electrons. The van der Waals surface area contributed by atoms with Crippen molar-refractivity contribution in [3.63, 3.8) is 0 Å². The summed E-state index contributed by atoms with van der Waals surface area (Å²) in [6.07, 6.45) is 1.61. The number of rotatable bonds is 13. The predicted molar refractivity (Wildman–Crippen MR) is 160 cm³/mol. The van der Waals surface area contributed by atoms with Crippen molar-refractivity contribution < 1.29 is 14.3 Å². The van der Waals surface area contributed by atoms with Gasteiger partial charge in [0.1, 0.15) is 5.75 Å². The molecule has 2 aromatic heterocycles. The molecular formula is C27H31N7O3S3. The zero-order chi connectivity index (χ0) is 28.5. The van der Waals surface area contributed by atoms with E-state index in [1.807, 2.05) is 17.6 Å². The van der Waals surface area contributed by atoms with Gasteiger partial charge >= 0.3 is 0 Å². The van der Waals surface area contributed by atoms with E-state index in [9.17, 15) is 9.59 Å². The molecule has 0 bridgehead atoms. The Kier molecular flexibility index (Phi) is 10.6. The number of ether oxygens (including phenoxy) is 1. The standard InChI is InChI=1S/C27H31N7O3S3/c1-5-17-9-8-10-18(6-2)23(17)34-21(15-28-24(36)19-11-13-20(37-4)14-12-19)30-32-26(34)39-16-22(35)29-25-31-33-27(40-25)38-7-3/h8-14H,5-7,15-16H2,1-4H3,(H,28,36)(H,29,31,35). The fourth-order valence-corrected chi connectivity index (χ4v) is 6.39. The molecule has 0 aliphatic carbocycles. The van der Waals surface area contributed by atoms with E-state index < -0.39 is 0 Å². The molecule has 4 aromatic rings. The molecule has 210 valence electrons. The molecule has 2 N–H and O–H groups in total. The minimum absolute atomic E-state index is 0.113. The highest BCUT2D eigenvalue weighted by Crippen LogP contribution is 2.29. The molecule has 0 spiro atoms. The third kappa shape index (κ3) is 7.20. The van der Waals surface area contributed by atoms with Crippen LogP contribution in [-0.4, -0.2) is 55.4 Å². The number of aromatic nitrogens is 5. The fourth-order valence-electron chi connectivity index (χ4n) is 3.97. The van der Waals surface area contributed by atoms with Crippen molar-refractivity contribution in [3.05, 3.63) is 65.0 Å². The lowest BCUT2D eigenvalue weighted by Crippen LogP contribution is -2.25. The summed E-state index contributed by atoms with van der Waals surface area (Å²) in [7, 11) is 1.58. The van der Waals surface area contributed by atoms with Gasteiger partial charge in [0, 0.05) is 5.56 Å². The highest BCUT2D eigenvalue weighted by Gasteiger charge is 2.21. The molecule has 13 heteroatoms. The van der Waals surface area contributed by atoms with Crippen LogP contribution >= 0.6 is 34.9 Å². The summed E-state index contributed by atoms with van der Waals surface area (Å²) in [5, 5.41) is 23.8. The summed E-state index contributed by atoms with van der Waals surface area (Å²) in [4.78, 5) is 25.6. The number of carbonyl (C=O) groups excluding carboxylic acids is 2. The van der Waals surface area contributed by atoms with E-state index in [0.29, 0.717) is 27.4 Å². The SMILES string of the molecule is CCSc1nnc(NC(=O)CSc2nnc(CNC(=O)c3ccc(OC)cc3)n2-c2c(CC)cccc2CC)s1. The third-order valence-corrected chi connectivity index (χ3v) is 8.68. The first-order valence-corrected chi connectivity index (χ1v) is 15.6. The highest BCUT2D eigenvalue weighted by atomic mass is 32.2. The number of nitrogens with one attached hydrogen (secondary N) is 2. The average Bonchev–Trinajstić information content (AvgIpc) is 3.60. The number of anilines is 1. The van der Waals surface area contributed by atoms with Crippen LogP contribution in [0.4, 0.5) is 5.13 Å². The van der Waals surface area contributed by atoms with Gasteiger partial charge in [-0.1, -0.05) is 73.8 Å². The van der Waals surface area contributed by atoms with Gasteiger partial charge in [-0.25, -0.2) is 0 Å². The molecule has 0 saturated carbocycles. The predicted octanol–water partition coefficient (Wildman–Crippen LogP) is 5.03. The first-order valence-electron chi connectivity index (χ1n) is 12.8. The normalized spacial score (nSPS) is 10.9. The van der Waals surface area contributed by atoms with Gasteiger partial charge in [-0.15, -0.1) is 20.4 Å².